The third-order valence-electron chi connectivity index (χ3n) is 6.82. The molecule has 2 bridgehead atoms. The predicted octanol–water partition coefficient (Wildman–Crippen LogP) is 6.80. The number of hydrogen-bond donors (Lipinski definition) is 0. The molecule has 0 N–H and O–H groups in total. The van der Waals surface area contributed by atoms with Crippen LogP contribution in [0.4, 0.5) is 0 Å². The lowest BCUT2D eigenvalue weighted by Gasteiger charge is -2.53. The summed E-state index contributed by atoms with van der Waals surface area (Å²) in [6.45, 7) is 2.82. The van der Waals surface area contributed by atoms with Crippen LogP contribution in [0.1, 0.15) is 35.4 Å². The molecule has 160 valence electrons. The molecule has 2 nitrogen and oxygen atoms in total. The molecule has 3 aromatic rings. The fraction of sp³-hybridized carbons (Fsp3) is 0.333. The summed E-state index contributed by atoms with van der Waals surface area (Å²) in [4.78, 5) is 2.65. The zero-order chi connectivity index (χ0) is 21.2. The molecular weight excluding hydrogens is 425 g/mol. The normalized spacial score (nSPS) is 25.1. The van der Waals surface area contributed by atoms with Crippen LogP contribution in [0.25, 0.3) is 0 Å². The second-order valence-corrected chi connectivity index (χ2v) is 9.59. The molecule has 3 aliphatic heterocycles. The molecule has 3 fully saturated rings. The Morgan fingerprint density at radius 1 is 0.806 bits per heavy atom. The largest absolute Gasteiger partial charge is 0.372 e. The molecule has 3 aliphatic rings. The Kier molecular flexibility index (Phi) is 6.34. The molecule has 0 aliphatic carbocycles. The van der Waals surface area contributed by atoms with Crippen molar-refractivity contribution in [3.8, 4) is 0 Å². The predicted molar refractivity (Wildman–Crippen MR) is 128 cm³/mol. The second-order valence-electron chi connectivity index (χ2n) is 8.72. The van der Waals surface area contributed by atoms with E-state index >= 15 is 0 Å². The highest BCUT2D eigenvalue weighted by Gasteiger charge is 2.47. The summed E-state index contributed by atoms with van der Waals surface area (Å²) in [5.74, 6) is 0.859. The Morgan fingerprint density at radius 2 is 1.35 bits per heavy atom. The van der Waals surface area contributed by atoms with Gasteiger partial charge in [-0.3, -0.25) is 4.90 Å². The van der Waals surface area contributed by atoms with E-state index in [4.69, 9.17) is 27.9 Å². The van der Waals surface area contributed by atoms with Gasteiger partial charge in [-0.15, -0.1) is 0 Å². The van der Waals surface area contributed by atoms with Crippen molar-refractivity contribution in [2.45, 2.75) is 37.5 Å². The minimum atomic E-state index is 0.172. The summed E-state index contributed by atoms with van der Waals surface area (Å²) in [5.41, 5.74) is 3.74. The number of piperidine rings is 3. The van der Waals surface area contributed by atoms with Crippen LogP contribution in [-0.2, 0) is 11.3 Å². The lowest BCUT2D eigenvalue weighted by molar-refractivity contribution is -0.120. The van der Waals surface area contributed by atoms with Crippen LogP contribution >= 0.6 is 23.2 Å². The van der Waals surface area contributed by atoms with Crippen molar-refractivity contribution < 1.29 is 4.74 Å². The van der Waals surface area contributed by atoms with E-state index in [0.717, 1.165) is 18.7 Å². The van der Waals surface area contributed by atoms with Crippen molar-refractivity contribution in [3.05, 3.63) is 106 Å². The summed E-state index contributed by atoms with van der Waals surface area (Å²) in [6, 6.07) is 27.8. The van der Waals surface area contributed by atoms with Crippen molar-refractivity contribution >= 4 is 23.2 Å². The SMILES string of the molecule is Clc1cc(Cl)cc(CO[C@H]2C3CCN(CC3)[C@@H]2C(c2ccccc2)c2ccccc2)c1. The Labute approximate surface area is 194 Å². The molecular formula is C27H27Cl2NO. The van der Waals surface area contributed by atoms with E-state index < -0.39 is 0 Å². The average Bonchev–Trinajstić information content (AvgIpc) is 2.80. The van der Waals surface area contributed by atoms with Gasteiger partial charge < -0.3 is 4.74 Å². The highest BCUT2D eigenvalue weighted by molar-refractivity contribution is 6.34. The molecule has 4 heteroatoms. The van der Waals surface area contributed by atoms with Crippen LogP contribution in [-0.4, -0.2) is 30.1 Å². The van der Waals surface area contributed by atoms with E-state index in [1.807, 2.05) is 12.1 Å². The topological polar surface area (TPSA) is 12.5 Å². The van der Waals surface area contributed by atoms with Crippen LogP contribution in [0.15, 0.2) is 78.9 Å². The van der Waals surface area contributed by atoms with Crippen LogP contribution in [0.5, 0.6) is 0 Å². The number of rotatable bonds is 6. The van der Waals surface area contributed by atoms with Gasteiger partial charge >= 0.3 is 0 Å². The third kappa shape index (κ3) is 4.54. The number of benzene rings is 3. The zero-order valence-corrected chi connectivity index (χ0v) is 19.0. The Bertz CT molecular complexity index is 943. The van der Waals surface area contributed by atoms with Crippen molar-refractivity contribution in [2.75, 3.05) is 13.1 Å². The first kappa shape index (κ1) is 21.0. The fourth-order valence-electron chi connectivity index (χ4n) is 5.46. The first-order valence-electron chi connectivity index (χ1n) is 11.1. The van der Waals surface area contributed by atoms with Crippen LogP contribution in [0, 0.1) is 5.92 Å². The van der Waals surface area contributed by atoms with E-state index in [0.29, 0.717) is 28.6 Å². The number of nitrogens with zero attached hydrogens (tertiary/aromatic N) is 1. The smallest absolute Gasteiger partial charge is 0.0773 e. The molecule has 31 heavy (non-hydrogen) atoms. The minimum Gasteiger partial charge on any atom is -0.372 e. The van der Waals surface area contributed by atoms with Gasteiger partial charge in [-0.25, -0.2) is 0 Å². The molecule has 0 spiro atoms. The van der Waals surface area contributed by atoms with Crippen molar-refractivity contribution in [3.63, 3.8) is 0 Å². The van der Waals surface area contributed by atoms with E-state index in [1.165, 1.54) is 24.0 Å². The van der Waals surface area contributed by atoms with Gasteiger partial charge in [0.2, 0.25) is 0 Å². The molecule has 0 aromatic heterocycles. The Morgan fingerprint density at radius 3 is 1.90 bits per heavy atom. The van der Waals surface area contributed by atoms with Crippen LogP contribution in [0.2, 0.25) is 10.0 Å². The number of fused-ring (bicyclic) bond motifs is 3. The summed E-state index contributed by atoms with van der Waals surface area (Å²) in [7, 11) is 0. The molecule has 0 radical (unpaired) electrons. The molecule has 0 amide bonds. The van der Waals surface area contributed by atoms with E-state index in [9.17, 15) is 0 Å². The van der Waals surface area contributed by atoms with Crippen LogP contribution < -0.4 is 0 Å². The van der Waals surface area contributed by atoms with Gasteiger partial charge in [0, 0.05) is 22.0 Å². The maximum Gasteiger partial charge on any atom is 0.0773 e. The summed E-state index contributed by atoms with van der Waals surface area (Å²) < 4.78 is 6.69. The maximum atomic E-state index is 6.69. The highest BCUT2D eigenvalue weighted by atomic mass is 35.5. The Hall–Kier alpha value is -1.84. The van der Waals surface area contributed by atoms with Gasteiger partial charge in [0.1, 0.15) is 0 Å². The average molecular weight is 452 g/mol. The van der Waals surface area contributed by atoms with E-state index in [2.05, 4.69) is 65.6 Å². The highest BCUT2D eigenvalue weighted by Crippen LogP contribution is 2.43. The van der Waals surface area contributed by atoms with Gasteiger partial charge in [-0.05, 0) is 66.7 Å². The van der Waals surface area contributed by atoms with Gasteiger partial charge in [-0.2, -0.15) is 0 Å². The minimum absolute atomic E-state index is 0.172. The number of halogens is 2. The lowest BCUT2D eigenvalue weighted by atomic mass is 9.72. The summed E-state index contributed by atoms with van der Waals surface area (Å²) in [5, 5.41) is 1.31. The second kappa shape index (κ2) is 9.34. The standard InChI is InChI=1S/C27H27Cl2NO/c28-23-15-19(16-24(29)17-23)18-31-27-22-11-13-30(14-12-22)26(27)25(20-7-3-1-4-8-20)21-9-5-2-6-10-21/h1-10,15-17,22,25-27H,11-14,18H2/t26-,27+/m1/s1. The fourth-order valence-corrected chi connectivity index (χ4v) is 6.03. The number of hydrogen-bond acceptors (Lipinski definition) is 2. The van der Waals surface area contributed by atoms with Gasteiger partial charge in [-0.1, -0.05) is 83.9 Å². The first-order chi connectivity index (χ1) is 15.2. The molecule has 6 rings (SSSR count). The molecule has 0 unspecified atom stereocenters. The molecule has 2 atom stereocenters. The van der Waals surface area contributed by atoms with E-state index in [1.54, 1.807) is 6.07 Å². The zero-order valence-electron chi connectivity index (χ0n) is 17.5. The quantitative estimate of drug-likeness (QED) is 0.408. The van der Waals surface area contributed by atoms with Gasteiger partial charge in [0.05, 0.1) is 12.7 Å². The lowest BCUT2D eigenvalue weighted by Crippen LogP contribution is -2.60. The van der Waals surface area contributed by atoms with E-state index in [-0.39, 0.29) is 12.0 Å². The maximum absolute atomic E-state index is 6.69. The monoisotopic (exact) mass is 451 g/mol. The van der Waals surface area contributed by atoms with Crippen molar-refractivity contribution in [1.82, 2.24) is 4.90 Å². The summed E-state index contributed by atoms with van der Waals surface area (Å²) in [6.07, 6.45) is 2.58. The van der Waals surface area contributed by atoms with Gasteiger partial charge in [0.25, 0.3) is 0 Å². The Balaban J connectivity index is 1.49. The van der Waals surface area contributed by atoms with Crippen molar-refractivity contribution in [1.29, 1.82) is 0 Å². The molecule has 3 heterocycles. The van der Waals surface area contributed by atoms with Crippen molar-refractivity contribution in [2.24, 2.45) is 5.92 Å². The first-order valence-corrected chi connectivity index (χ1v) is 11.8. The van der Waals surface area contributed by atoms with Crippen LogP contribution in [0.3, 0.4) is 0 Å². The summed E-state index contributed by atoms with van der Waals surface area (Å²) >= 11 is 12.5. The third-order valence-corrected chi connectivity index (χ3v) is 7.26. The number of ether oxygens (including phenoxy) is 1. The molecule has 0 saturated carbocycles. The molecule has 3 aromatic carbocycles. The van der Waals surface area contributed by atoms with Gasteiger partial charge in [0.15, 0.2) is 0 Å². The molecule has 3 saturated heterocycles.